The monoisotopic (exact) mass is 283 g/mol. The van der Waals surface area contributed by atoms with E-state index in [1.165, 1.54) is 12.1 Å². The Morgan fingerprint density at radius 1 is 1.15 bits per heavy atom. The zero-order valence-corrected chi connectivity index (χ0v) is 11.0. The average Bonchev–Trinajstić information content (AvgIpc) is 2.65. The predicted octanol–water partition coefficient (Wildman–Crippen LogP) is 4.15. The zero-order valence-electron chi connectivity index (χ0n) is 11.0. The summed E-state index contributed by atoms with van der Waals surface area (Å²) in [5.74, 6) is -0.850. The molecule has 0 saturated heterocycles. The van der Waals surface area contributed by atoms with Crippen molar-refractivity contribution in [2.75, 3.05) is 0 Å². The van der Waals surface area contributed by atoms with Gasteiger partial charge in [0, 0.05) is 5.56 Å². The molecule has 1 amide bonds. The van der Waals surface area contributed by atoms with Crippen LogP contribution in [-0.2, 0) is 6.18 Å². The van der Waals surface area contributed by atoms with Crippen molar-refractivity contribution >= 4 is 11.5 Å². The van der Waals surface area contributed by atoms with Gasteiger partial charge in [-0.15, -0.1) is 0 Å². The molecule has 0 atom stereocenters. The van der Waals surface area contributed by atoms with Gasteiger partial charge in [0.15, 0.2) is 0 Å². The molecule has 0 bridgehead atoms. The minimum absolute atomic E-state index is 0.115. The lowest BCUT2D eigenvalue weighted by Crippen LogP contribution is -2.15. The van der Waals surface area contributed by atoms with E-state index < -0.39 is 17.6 Å². The van der Waals surface area contributed by atoms with Crippen molar-refractivity contribution in [3.63, 3.8) is 0 Å². The smallest absolute Gasteiger partial charge is 0.366 e. The van der Waals surface area contributed by atoms with E-state index in [1.54, 1.807) is 0 Å². The molecule has 0 radical (unpaired) electrons. The first-order chi connectivity index (χ1) is 9.39. The third-order valence-corrected chi connectivity index (χ3v) is 3.50. The Hall–Kier alpha value is -1.78. The van der Waals surface area contributed by atoms with Crippen LogP contribution in [0.4, 0.5) is 13.2 Å². The van der Waals surface area contributed by atoms with Gasteiger partial charge in [0.05, 0.1) is 5.56 Å². The van der Waals surface area contributed by atoms with E-state index in [9.17, 15) is 18.0 Å². The Bertz CT molecular complexity index is 547. The fourth-order valence-corrected chi connectivity index (χ4v) is 2.47. The maximum absolute atomic E-state index is 13.2. The molecule has 5 heteroatoms. The summed E-state index contributed by atoms with van der Waals surface area (Å²) in [6.07, 6.45) is 1.74. The van der Waals surface area contributed by atoms with Gasteiger partial charge in [-0.2, -0.15) is 13.2 Å². The first-order valence-corrected chi connectivity index (χ1v) is 6.60. The normalized spacial score (nSPS) is 16.4. The topological polar surface area (TPSA) is 43.1 Å². The third-order valence-electron chi connectivity index (χ3n) is 3.50. The number of carbonyl (C=O) groups excluding carboxylic acids is 1. The third kappa shape index (κ3) is 3.21. The van der Waals surface area contributed by atoms with Gasteiger partial charge in [0.2, 0.25) is 5.91 Å². The van der Waals surface area contributed by atoms with Crippen LogP contribution in [0, 0.1) is 0 Å². The Kier molecular flexibility index (Phi) is 4.16. The van der Waals surface area contributed by atoms with Crippen molar-refractivity contribution in [2.45, 2.75) is 38.3 Å². The Morgan fingerprint density at radius 2 is 1.90 bits per heavy atom. The van der Waals surface area contributed by atoms with Crippen LogP contribution in [0.2, 0.25) is 0 Å². The van der Waals surface area contributed by atoms with Crippen LogP contribution in [0.5, 0.6) is 0 Å². The van der Waals surface area contributed by atoms with Gasteiger partial charge in [0.25, 0.3) is 0 Å². The second-order valence-electron chi connectivity index (χ2n) is 4.95. The van der Waals surface area contributed by atoms with E-state index in [2.05, 4.69) is 0 Å². The SMILES string of the molecule is NC(=O)c1ccc(C2=CCCCCC2)c(C(F)(F)F)c1. The molecule has 1 aromatic carbocycles. The van der Waals surface area contributed by atoms with Crippen molar-refractivity contribution in [2.24, 2.45) is 5.73 Å². The second kappa shape index (κ2) is 5.69. The van der Waals surface area contributed by atoms with Crippen LogP contribution < -0.4 is 5.73 Å². The summed E-state index contributed by atoms with van der Waals surface area (Å²) in [5, 5.41) is 0. The molecular weight excluding hydrogens is 267 g/mol. The molecule has 0 saturated carbocycles. The maximum atomic E-state index is 13.2. The molecule has 2 rings (SSSR count). The number of benzene rings is 1. The molecule has 0 aromatic heterocycles. The van der Waals surface area contributed by atoms with Gasteiger partial charge < -0.3 is 5.73 Å². The summed E-state index contributed by atoms with van der Waals surface area (Å²) in [7, 11) is 0. The van der Waals surface area contributed by atoms with Gasteiger partial charge in [-0.3, -0.25) is 4.79 Å². The van der Waals surface area contributed by atoms with Crippen molar-refractivity contribution in [3.05, 3.63) is 41.0 Å². The molecule has 0 fully saturated rings. The summed E-state index contributed by atoms with van der Waals surface area (Å²) >= 11 is 0. The first-order valence-electron chi connectivity index (χ1n) is 6.60. The van der Waals surface area contributed by atoms with Gasteiger partial charge in [0.1, 0.15) is 0 Å². The molecule has 0 spiro atoms. The molecule has 108 valence electrons. The average molecular weight is 283 g/mol. The van der Waals surface area contributed by atoms with E-state index in [4.69, 9.17) is 5.73 Å². The molecule has 1 aromatic rings. The van der Waals surface area contributed by atoms with Crippen LogP contribution in [0.3, 0.4) is 0 Å². The van der Waals surface area contributed by atoms with E-state index in [-0.39, 0.29) is 11.1 Å². The summed E-state index contributed by atoms with van der Waals surface area (Å²) in [6.45, 7) is 0. The molecule has 0 heterocycles. The molecule has 2 N–H and O–H groups in total. The highest BCUT2D eigenvalue weighted by atomic mass is 19.4. The number of halogens is 3. The standard InChI is InChI=1S/C15H16F3NO/c16-15(17,18)13-9-11(14(19)20)7-8-12(13)10-5-3-1-2-4-6-10/h5,7-9H,1-4,6H2,(H2,19,20). The number of nitrogens with two attached hydrogens (primary N) is 1. The summed E-state index contributed by atoms with van der Waals surface area (Å²) in [5.41, 5.74) is 5.05. The summed E-state index contributed by atoms with van der Waals surface area (Å²) < 4.78 is 39.5. The number of amides is 1. The van der Waals surface area contributed by atoms with Gasteiger partial charge in [-0.1, -0.05) is 18.6 Å². The molecular formula is C15H16F3NO. The van der Waals surface area contributed by atoms with Gasteiger partial charge in [-0.05, 0) is 49.0 Å². The lowest BCUT2D eigenvalue weighted by Gasteiger charge is -2.16. The van der Waals surface area contributed by atoms with Crippen molar-refractivity contribution < 1.29 is 18.0 Å². The number of hydrogen-bond acceptors (Lipinski definition) is 1. The minimum Gasteiger partial charge on any atom is -0.366 e. The lowest BCUT2D eigenvalue weighted by molar-refractivity contribution is -0.137. The van der Waals surface area contributed by atoms with Crippen LogP contribution >= 0.6 is 0 Å². The van der Waals surface area contributed by atoms with E-state index in [0.717, 1.165) is 31.7 Å². The van der Waals surface area contributed by atoms with Gasteiger partial charge in [-0.25, -0.2) is 0 Å². The number of hydrogen-bond donors (Lipinski definition) is 1. The fourth-order valence-electron chi connectivity index (χ4n) is 2.47. The van der Waals surface area contributed by atoms with Gasteiger partial charge >= 0.3 is 6.18 Å². The quantitative estimate of drug-likeness (QED) is 0.870. The van der Waals surface area contributed by atoms with E-state index in [1.807, 2.05) is 6.08 Å². The fraction of sp³-hybridized carbons (Fsp3) is 0.400. The van der Waals surface area contributed by atoms with E-state index >= 15 is 0 Å². The largest absolute Gasteiger partial charge is 0.417 e. The highest BCUT2D eigenvalue weighted by molar-refractivity contribution is 5.93. The Labute approximate surface area is 115 Å². The lowest BCUT2D eigenvalue weighted by atomic mass is 9.94. The molecule has 0 aliphatic heterocycles. The number of alkyl halides is 3. The molecule has 1 aliphatic carbocycles. The maximum Gasteiger partial charge on any atom is 0.417 e. The predicted molar refractivity (Wildman–Crippen MR) is 71.0 cm³/mol. The van der Waals surface area contributed by atoms with Crippen LogP contribution in [0.25, 0.3) is 5.57 Å². The summed E-state index contributed by atoms with van der Waals surface area (Å²) in [6, 6.07) is 3.57. The number of primary amides is 1. The van der Waals surface area contributed by atoms with E-state index in [0.29, 0.717) is 12.0 Å². The Morgan fingerprint density at radius 3 is 2.55 bits per heavy atom. The number of carbonyl (C=O) groups is 1. The minimum atomic E-state index is -4.49. The van der Waals surface area contributed by atoms with Crippen molar-refractivity contribution in [1.82, 2.24) is 0 Å². The van der Waals surface area contributed by atoms with Crippen LogP contribution in [0.15, 0.2) is 24.3 Å². The summed E-state index contributed by atoms with van der Waals surface area (Å²) in [4.78, 5) is 11.1. The molecule has 1 aliphatic rings. The second-order valence-corrected chi connectivity index (χ2v) is 4.95. The van der Waals surface area contributed by atoms with Crippen LogP contribution in [0.1, 0.15) is 53.6 Å². The highest BCUT2D eigenvalue weighted by Gasteiger charge is 2.34. The van der Waals surface area contributed by atoms with Crippen molar-refractivity contribution in [1.29, 1.82) is 0 Å². The van der Waals surface area contributed by atoms with Crippen LogP contribution in [-0.4, -0.2) is 5.91 Å². The molecule has 0 unspecified atom stereocenters. The molecule has 20 heavy (non-hydrogen) atoms. The first kappa shape index (κ1) is 14.6. The number of rotatable bonds is 2. The van der Waals surface area contributed by atoms with Crippen molar-refractivity contribution in [3.8, 4) is 0 Å². The Balaban J connectivity index is 2.51. The number of allylic oxidation sites excluding steroid dienone is 2. The molecule has 2 nitrogen and oxygen atoms in total. The zero-order chi connectivity index (χ0) is 14.8. The highest BCUT2D eigenvalue weighted by Crippen LogP contribution is 2.38.